The zero-order valence-electron chi connectivity index (χ0n) is 13.8. The Bertz CT molecular complexity index is 722. The number of rotatable bonds is 7. The number of aromatic nitrogens is 1. The molecule has 128 valence electrons. The van der Waals surface area contributed by atoms with Crippen molar-refractivity contribution >= 4 is 28.5 Å². The fourth-order valence-electron chi connectivity index (χ4n) is 2.12. The first kappa shape index (κ1) is 18.3. The Kier molecular flexibility index (Phi) is 6.65. The molecule has 0 saturated heterocycles. The van der Waals surface area contributed by atoms with Gasteiger partial charge in [-0.25, -0.2) is 4.98 Å². The largest absolute Gasteiger partial charge is 0.493 e. The van der Waals surface area contributed by atoms with Gasteiger partial charge in [-0.15, -0.1) is 0 Å². The first-order chi connectivity index (χ1) is 11.6. The molecule has 24 heavy (non-hydrogen) atoms. The van der Waals surface area contributed by atoms with Gasteiger partial charge in [-0.3, -0.25) is 4.79 Å². The molecular formula is C17H19IN2O4. The van der Waals surface area contributed by atoms with Crippen molar-refractivity contribution in [1.29, 1.82) is 0 Å². The second-order valence-electron chi connectivity index (χ2n) is 4.77. The number of hydrogen-bond donors (Lipinski definition) is 1. The molecular weight excluding hydrogens is 423 g/mol. The number of methoxy groups -OCH3 is 2. The highest BCUT2D eigenvalue weighted by Gasteiger charge is 2.16. The maximum absolute atomic E-state index is 12.5. The molecule has 1 amide bonds. The van der Waals surface area contributed by atoms with Gasteiger partial charge in [0.25, 0.3) is 5.91 Å². The second-order valence-corrected chi connectivity index (χ2v) is 5.93. The first-order valence-corrected chi connectivity index (χ1v) is 8.45. The van der Waals surface area contributed by atoms with Gasteiger partial charge in [0.1, 0.15) is 0 Å². The van der Waals surface area contributed by atoms with Crippen LogP contribution in [0.4, 0.5) is 0 Å². The highest BCUT2D eigenvalue weighted by atomic mass is 127. The molecule has 1 aromatic heterocycles. The molecule has 0 unspecified atom stereocenters. The Hall–Kier alpha value is -2.03. The second kappa shape index (κ2) is 8.72. The molecule has 0 saturated carbocycles. The topological polar surface area (TPSA) is 69.7 Å². The third-order valence-corrected chi connectivity index (χ3v) is 4.18. The number of amides is 1. The summed E-state index contributed by atoms with van der Waals surface area (Å²) >= 11 is 2.10. The van der Waals surface area contributed by atoms with Crippen molar-refractivity contribution in [3.05, 3.63) is 45.2 Å². The van der Waals surface area contributed by atoms with Crippen molar-refractivity contribution in [2.45, 2.75) is 13.5 Å². The number of pyridine rings is 1. The molecule has 1 N–H and O–H groups in total. The lowest BCUT2D eigenvalue weighted by Crippen LogP contribution is -2.24. The molecule has 1 heterocycles. The van der Waals surface area contributed by atoms with Gasteiger partial charge in [0.05, 0.1) is 26.4 Å². The first-order valence-electron chi connectivity index (χ1n) is 7.37. The van der Waals surface area contributed by atoms with Crippen LogP contribution in [0.1, 0.15) is 22.8 Å². The third kappa shape index (κ3) is 4.28. The fraction of sp³-hybridized carbons (Fsp3) is 0.294. The quantitative estimate of drug-likeness (QED) is 0.668. The molecule has 6 nitrogen and oxygen atoms in total. The van der Waals surface area contributed by atoms with E-state index in [0.717, 1.165) is 9.13 Å². The predicted octanol–water partition coefficient (Wildman–Crippen LogP) is 3.03. The number of ether oxygens (including phenoxy) is 3. The summed E-state index contributed by atoms with van der Waals surface area (Å²) in [4.78, 5) is 16.7. The average Bonchev–Trinajstić information content (AvgIpc) is 2.60. The lowest BCUT2D eigenvalue weighted by atomic mass is 10.1. The molecule has 0 bridgehead atoms. The molecule has 2 aromatic rings. The summed E-state index contributed by atoms with van der Waals surface area (Å²) < 4.78 is 16.7. The van der Waals surface area contributed by atoms with E-state index in [-0.39, 0.29) is 5.91 Å². The van der Waals surface area contributed by atoms with Crippen LogP contribution in [0.15, 0.2) is 30.5 Å². The molecule has 0 radical (unpaired) electrons. The lowest BCUT2D eigenvalue weighted by Gasteiger charge is -2.13. The van der Waals surface area contributed by atoms with Gasteiger partial charge < -0.3 is 19.5 Å². The number of hydrogen-bond acceptors (Lipinski definition) is 5. The number of halogens is 1. The molecule has 0 fully saturated rings. The molecule has 2 rings (SSSR count). The maximum atomic E-state index is 12.5. The van der Waals surface area contributed by atoms with Crippen LogP contribution in [0.2, 0.25) is 0 Å². The third-order valence-electron chi connectivity index (χ3n) is 3.29. The van der Waals surface area contributed by atoms with Gasteiger partial charge in [0, 0.05) is 21.9 Å². The highest BCUT2D eigenvalue weighted by molar-refractivity contribution is 14.1. The normalized spacial score (nSPS) is 10.2. The Morgan fingerprint density at radius 3 is 2.62 bits per heavy atom. The van der Waals surface area contributed by atoms with E-state index in [1.807, 2.05) is 19.1 Å². The van der Waals surface area contributed by atoms with Crippen molar-refractivity contribution in [2.75, 3.05) is 20.8 Å². The van der Waals surface area contributed by atoms with Gasteiger partial charge >= 0.3 is 0 Å². The lowest BCUT2D eigenvalue weighted by molar-refractivity contribution is 0.0949. The summed E-state index contributed by atoms with van der Waals surface area (Å²) in [5.41, 5.74) is 1.35. The van der Waals surface area contributed by atoms with Gasteiger partial charge in [-0.1, -0.05) is 6.07 Å². The molecule has 1 aromatic carbocycles. The highest BCUT2D eigenvalue weighted by Crippen LogP contribution is 2.31. The summed E-state index contributed by atoms with van der Waals surface area (Å²) in [5.74, 6) is 1.43. The number of benzene rings is 1. The van der Waals surface area contributed by atoms with E-state index < -0.39 is 0 Å². The smallest absolute Gasteiger partial charge is 0.252 e. The van der Waals surface area contributed by atoms with Crippen LogP contribution in [0, 0.1) is 3.57 Å². The van der Waals surface area contributed by atoms with Crippen molar-refractivity contribution < 1.29 is 19.0 Å². The number of nitrogens with zero attached hydrogens (tertiary/aromatic N) is 1. The van der Waals surface area contributed by atoms with Crippen molar-refractivity contribution in [3.63, 3.8) is 0 Å². The van der Waals surface area contributed by atoms with Gasteiger partial charge in [0.2, 0.25) is 5.88 Å². The van der Waals surface area contributed by atoms with E-state index in [0.29, 0.717) is 36.1 Å². The van der Waals surface area contributed by atoms with E-state index in [4.69, 9.17) is 14.2 Å². The van der Waals surface area contributed by atoms with Crippen LogP contribution in [-0.2, 0) is 6.54 Å². The van der Waals surface area contributed by atoms with E-state index in [1.165, 1.54) is 7.11 Å². The molecule has 0 aliphatic carbocycles. The molecule has 0 spiro atoms. The number of carbonyl (C=O) groups is 1. The van der Waals surface area contributed by atoms with Gasteiger partial charge in [0.15, 0.2) is 11.5 Å². The average molecular weight is 442 g/mol. The fourth-order valence-corrected chi connectivity index (χ4v) is 2.81. The molecule has 0 aliphatic rings. The standard InChI is InChI=1S/C17H19IN2O4/c1-4-24-17-11(6-5-7-19-17)10-20-16(21)12-8-14(22-2)15(23-3)9-13(12)18/h5-9H,4,10H2,1-3H3,(H,20,21). The van der Waals surface area contributed by atoms with Crippen LogP contribution in [0.25, 0.3) is 0 Å². The van der Waals surface area contributed by atoms with Crippen molar-refractivity contribution in [1.82, 2.24) is 10.3 Å². The van der Waals surface area contributed by atoms with Crippen molar-refractivity contribution in [3.8, 4) is 17.4 Å². The minimum absolute atomic E-state index is 0.202. The SMILES string of the molecule is CCOc1ncccc1CNC(=O)c1cc(OC)c(OC)cc1I. The van der Waals surface area contributed by atoms with E-state index in [1.54, 1.807) is 25.4 Å². The zero-order chi connectivity index (χ0) is 17.5. The monoisotopic (exact) mass is 442 g/mol. The Morgan fingerprint density at radius 1 is 1.25 bits per heavy atom. The molecule has 0 aliphatic heterocycles. The Labute approximate surface area is 154 Å². The summed E-state index contributed by atoms with van der Waals surface area (Å²) in [6, 6.07) is 7.12. The van der Waals surface area contributed by atoms with E-state index in [2.05, 4.69) is 32.9 Å². The van der Waals surface area contributed by atoms with E-state index in [9.17, 15) is 4.79 Å². The number of nitrogens with one attached hydrogen (secondary N) is 1. The van der Waals surface area contributed by atoms with Crippen LogP contribution in [-0.4, -0.2) is 31.7 Å². The summed E-state index contributed by atoms with van der Waals surface area (Å²) in [7, 11) is 3.10. The van der Waals surface area contributed by atoms with Gasteiger partial charge in [-0.2, -0.15) is 0 Å². The summed E-state index contributed by atoms with van der Waals surface area (Å²) in [6.45, 7) is 2.74. The Balaban J connectivity index is 2.16. The summed E-state index contributed by atoms with van der Waals surface area (Å²) in [5, 5.41) is 2.88. The molecule has 0 atom stereocenters. The van der Waals surface area contributed by atoms with Crippen LogP contribution in [0.3, 0.4) is 0 Å². The van der Waals surface area contributed by atoms with E-state index >= 15 is 0 Å². The van der Waals surface area contributed by atoms with Crippen molar-refractivity contribution in [2.24, 2.45) is 0 Å². The minimum atomic E-state index is -0.202. The Morgan fingerprint density at radius 2 is 1.96 bits per heavy atom. The molecule has 7 heteroatoms. The van der Waals surface area contributed by atoms with Crippen LogP contribution < -0.4 is 19.5 Å². The summed E-state index contributed by atoms with van der Waals surface area (Å²) in [6.07, 6.45) is 1.66. The van der Waals surface area contributed by atoms with Crippen LogP contribution >= 0.6 is 22.6 Å². The minimum Gasteiger partial charge on any atom is -0.493 e. The van der Waals surface area contributed by atoms with Crippen LogP contribution in [0.5, 0.6) is 17.4 Å². The number of carbonyl (C=O) groups excluding carboxylic acids is 1. The van der Waals surface area contributed by atoms with Gasteiger partial charge in [-0.05, 0) is 47.7 Å². The zero-order valence-corrected chi connectivity index (χ0v) is 15.9. The maximum Gasteiger partial charge on any atom is 0.252 e. The predicted molar refractivity (Wildman–Crippen MR) is 98.8 cm³/mol.